The van der Waals surface area contributed by atoms with Crippen LogP contribution >= 0.6 is 0 Å². The zero-order valence-electron chi connectivity index (χ0n) is 29.0. The molecule has 1 aliphatic carbocycles. The van der Waals surface area contributed by atoms with Crippen LogP contribution in [0.25, 0.3) is 38.9 Å². The van der Waals surface area contributed by atoms with Crippen LogP contribution in [0.15, 0.2) is 47.9 Å². The van der Waals surface area contributed by atoms with Gasteiger partial charge in [0.15, 0.2) is 5.65 Å². The minimum Gasteiger partial charge on any atom is -0.354 e. The second kappa shape index (κ2) is 11.3. The third kappa shape index (κ3) is 4.53. The van der Waals surface area contributed by atoms with Crippen LogP contribution in [0.2, 0.25) is 0 Å². The van der Waals surface area contributed by atoms with E-state index in [0.29, 0.717) is 33.9 Å². The first-order chi connectivity index (χ1) is 23.9. The van der Waals surface area contributed by atoms with Crippen LogP contribution in [0.3, 0.4) is 0 Å². The second-order valence-electron chi connectivity index (χ2n) is 14.2. The van der Waals surface area contributed by atoms with Gasteiger partial charge in [0.1, 0.15) is 23.2 Å². The van der Waals surface area contributed by atoms with Crippen LogP contribution in [-0.4, -0.2) is 73.7 Å². The molecule has 3 aliphatic rings. The van der Waals surface area contributed by atoms with E-state index in [1.807, 2.05) is 57.7 Å². The van der Waals surface area contributed by atoms with E-state index in [9.17, 15) is 9.59 Å². The summed E-state index contributed by atoms with van der Waals surface area (Å²) >= 11 is 0. The number of fused-ring (bicyclic) bond motifs is 6. The van der Waals surface area contributed by atoms with Gasteiger partial charge in [-0.3, -0.25) is 29.0 Å². The average Bonchev–Trinajstić information content (AvgIpc) is 3.85. The standard InChI is InChI=1S/C38H39FN8O3/c1-8-27(48)45-17-26-37(49)44(7)35-34(46(26)16-21(45)6)23-15-24(39)32(28-19(4)9-12-25-29(28)31(43-42-25)22-10-11-22)41-36(23)47(38(35)50)33-20(5)13-14-40-30(33)18(2)3/h8-9,12-15,18,21-22,26H,1,10-11,16-17H2,2-7H3,(H,42,43). The van der Waals surface area contributed by atoms with Crippen molar-refractivity contribution in [1.29, 1.82) is 0 Å². The number of nitrogens with one attached hydrogen (secondary N) is 1. The van der Waals surface area contributed by atoms with Crippen molar-refractivity contribution in [3.8, 4) is 16.9 Å². The minimum atomic E-state index is -0.789. The SMILES string of the molecule is C=CC(=O)N1CC2C(=O)N(C)c3c(c4cc(F)c(-c5c(C)ccc6n[nH]c(C7CC7)c56)nc4n(-c4c(C)ccnc4C(C)C)c3=O)N2CC1C. The lowest BCUT2D eigenvalue weighted by Gasteiger charge is -2.49. The molecule has 12 heteroatoms. The fourth-order valence-corrected chi connectivity index (χ4v) is 7.92. The molecule has 2 atom stereocenters. The molecular formula is C38H39FN8O3. The molecule has 6 heterocycles. The van der Waals surface area contributed by atoms with E-state index in [0.717, 1.165) is 40.6 Å². The Kier molecular flexibility index (Phi) is 7.22. The van der Waals surface area contributed by atoms with E-state index >= 15 is 9.18 Å². The number of pyridine rings is 3. The third-order valence-electron chi connectivity index (χ3n) is 10.6. The quantitative estimate of drug-likeness (QED) is 0.239. The van der Waals surface area contributed by atoms with Gasteiger partial charge in [-0.05, 0) is 74.9 Å². The van der Waals surface area contributed by atoms with Crippen molar-refractivity contribution < 1.29 is 14.0 Å². The van der Waals surface area contributed by atoms with Crippen molar-refractivity contribution in [2.24, 2.45) is 0 Å². The number of aryl methyl sites for hydroxylation is 2. The topological polar surface area (TPSA) is 120 Å². The Balaban J connectivity index is 1.49. The summed E-state index contributed by atoms with van der Waals surface area (Å²) in [5, 5.41) is 8.98. The first-order valence-electron chi connectivity index (χ1n) is 17.1. The number of hydrogen-bond acceptors (Lipinski definition) is 7. The molecule has 50 heavy (non-hydrogen) atoms. The summed E-state index contributed by atoms with van der Waals surface area (Å²) in [6, 6.07) is 6.03. The van der Waals surface area contributed by atoms with E-state index in [-0.39, 0.29) is 53.9 Å². The van der Waals surface area contributed by atoms with Crippen molar-refractivity contribution in [2.75, 3.05) is 29.9 Å². The number of amides is 2. The van der Waals surface area contributed by atoms with Gasteiger partial charge in [0.25, 0.3) is 11.5 Å². The van der Waals surface area contributed by atoms with Gasteiger partial charge in [0.05, 0.1) is 29.1 Å². The van der Waals surface area contributed by atoms with E-state index in [1.54, 1.807) is 18.1 Å². The Labute approximate surface area is 288 Å². The summed E-state index contributed by atoms with van der Waals surface area (Å²) in [4.78, 5) is 56.6. The van der Waals surface area contributed by atoms with Crippen LogP contribution in [0.1, 0.15) is 68.0 Å². The number of benzene rings is 1. The predicted octanol–water partition coefficient (Wildman–Crippen LogP) is 5.65. The lowest BCUT2D eigenvalue weighted by atomic mass is 9.95. The van der Waals surface area contributed by atoms with Crippen molar-refractivity contribution in [2.45, 2.75) is 71.4 Å². The van der Waals surface area contributed by atoms with Crippen molar-refractivity contribution in [3.63, 3.8) is 0 Å². The Morgan fingerprint density at radius 2 is 1.84 bits per heavy atom. The Morgan fingerprint density at radius 3 is 2.54 bits per heavy atom. The molecule has 2 unspecified atom stereocenters. The Hall–Kier alpha value is -5.39. The van der Waals surface area contributed by atoms with Crippen LogP contribution < -0.4 is 15.4 Å². The number of hydrogen-bond donors (Lipinski definition) is 1. The fraction of sp³-hybridized carbons (Fsp3) is 0.368. The van der Waals surface area contributed by atoms with Gasteiger partial charge >= 0.3 is 0 Å². The number of aromatic amines is 1. The van der Waals surface area contributed by atoms with Crippen molar-refractivity contribution in [3.05, 3.63) is 81.8 Å². The molecule has 2 amide bonds. The first kappa shape index (κ1) is 31.9. The lowest BCUT2D eigenvalue weighted by molar-refractivity contribution is -0.130. The second-order valence-corrected chi connectivity index (χ2v) is 14.2. The number of carbonyl (C=O) groups excluding carboxylic acids is 2. The fourth-order valence-electron chi connectivity index (χ4n) is 7.92. The highest BCUT2D eigenvalue weighted by molar-refractivity contribution is 6.12. The normalized spacial score (nSPS) is 19.0. The van der Waals surface area contributed by atoms with Gasteiger partial charge in [-0.1, -0.05) is 26.5 Å². The molecule has 0 bridgehead atoms. The molecule has 11 nitrogen and oxygen atoms in total. The van der Waals surface area contributed by atoms with E-state index in [1.165, 1.54) is 21.6 Å². The van der Waals surface area contributed by atoms with Gasteiger partial charge in [0.2, 0.25) is 5.91 Å². The number of halogens is 1. The molecule has 1 N–H and O–H groups in total. The number of aromatic nitrogens is 5. The first-order valence-corrected chi connectivity index (χ1v) is 17.1. The van der Waals surface area contributed by atoms with Gasteiger partial charge in [0, 0.05) is 53.8 Å². The molecule has 2 fully saturated rings. The highest BCUT2D eigenvalue weighted by Crippen LogP contribution is 2.47. The molecule has 4 aromatic heterocycles. The predicted molar refractivity (Wildman–Crippen MR) is 192 cm³/mol. The lowest BCUT2D eigenvalue weighted by Crippen LogP contribution is -2.66. The molecule has 0 spiro atoms. The molecule has 2 aliphatic heterocycles. The summed E-state index contributed by atoms with van der Waals surface area (Å²) in [6.07, 6.45) is 5.01. The number of H-pyrrole nitrogens is 1. The maximum absolute atomic E-state index is 17.0. The van der Waals surface area contributed by atoms with Crippen molar-refractivity contribution >= 4 is 45.1 Å². The van der Waals surface area contributed by atoms with Crippen LogP contribution in [0, 0.1) is 19.7 Å². The Bertz CT molecular complexity index is 2360. The number of piperazine rings is 1. The smallest absolute Gasteiger partial charge is 0.283 e. The molecule has 5 aromatic rings. The van der Waals surface area contributed by atoms with Crippen LogP contribution in [-0.2, 0) is 9.59 Å². The molecule has 1 aromatic carbocycles. The van der Waals surface area contributed by atoms with E-state index < -0.39 is 17.4 Å². The zero-order chi connectivity index (χ0) is 35.3. The molecule has 1 saturated heterocycles. The van der Waals surface area contributed by atoms with Gasteiger partial charge in [-0.2, -0.15) is 5.10 Å². The molecule has 256 valence electrons. The third-order valence-corrected chi connectivity index (χ3v) is 10.6. The van der Waals surface area contributed by atoms with Gasteiger partial charge < -0.3 is 14.7 Å². The molecular weight excluding hydrogens is 635 g/mol. The maximum atomic E-state index is 17.0. The zero-order valence-corrected chi connectivity index (χ0v) is 29.0. The molecule has 1 saturated carbocycles. The summed E-state index contributed by atoms with van der Waals surface area (Å²) in [7, 11) is 1.56. The number of anilines is 2. The van der Waals surface area contributed by atoms with Crippen LogP contribution in [0.4, 0.5) is 15.8 Å². The van der Waals surface area contributed by atoms with Gasteiger partial charge in [-0.25, -0.2) is 9.37 Å². The molecule has 8 rings (SSSR count). The van der Waals surface area contributed by atoms with E-state index in [2.05, 4.69) is 16.8 Å². The summed E-state index contributed by atoms with van der Waals surface area (Å²) in [5.74, 6) is -0.912. The minimum absolute atomic E-state index is 0.0640. The largest absolute Gasteiger partial charge is 0.354 e. The number of carbonyl (C=O) groups is 2. The average molecular weight is 675 g/mol. The molecule has 0 radical (unpaired) electrons. The number of likely N-dealkylation sites (N-methyl/N-ethyl adjacent to an activating group) is 1. The summed E-state index contributed by atoms with van der Waals surface area (Å²) in [5.41, 5.74) is 5.67. The maximum Gasteiger partial charge on any atom is 0.283 e. The van der Waals surface area contributed by atoms with E-state index in [4.69, 9.17) is 9.97 Å². The van der Waals surface area contributed by atoms with Gasteiger partial charge in [-0.15, -0.1) is 0 Å². The number of nitrogens with zero attached hydrogens (tertiary/aromatic N) is 7. The summed E-state index contributed by atoms with van der Waals surface area (Å²) < 4.78 is 18.5. The number of rotatable bonds is 5. The Morgan fingerprint density at radius 1 is 1.08 bits per heavy atom. The highest BCUT2D eigenvalue weighted by atomic mass is 19.1. The highest BCUT2D eigenvalue weighted by Gasteiger charge is 2.46. The van der Waals surface area contributed by atoms with Crippen molar-refractivity contribution in [1.82, 2.24) is 29.6 Å². The summed E-state index contributed by atoms with van der Waals surface area (Å²) in [6.45, 7) is 13.7. The van der Waals surface area contributed by atoms with Crippen LogP contribution in [0.5, 0.6) is 0 Å². The monoisotopic (exact) mass is 674 g/mol.